The third-order valence-electron chi connectivity index (χ3n) is 2.48. The quantitative estimate of drug-likeness (QED) is 0.802. The number of hydrogen-bond donors (Lipinski definition) is 2. The highest BCUT2D eigenvalue weighted by Crippen LogP contribution is 2.22. The van der Waals surface area contributed by atoms with Crippen LogP contribution in [0.5, 0.6) is 0 Å². The Labute approximate surface area is 97.9 Å². The van der Waals surface area contributed by atoms with Crippen molar-refractivity contribution in [1.29, 1.82) is 0 Å². The summed E-state index contributed by atoms with van der Waals surface area (Å²) in [5.74, 6) is -0.382. The van der Waals surface area contributed by atoms with Gasteiger partial charge in [-0.1, -0.05) is 6.07 Å². The molecule has 84 valence electrons. The van der Waals surface area contributed by atoms with Crippen molar-refractivity contribution in [2.75, 3.05) is 11.1 Å². The number of hydrogen-bond acceptors (Lipinski definition) is 3. The van der Waals surface area contributed by atoms with Gasteiger partial charge in [0.1, 0.15) is 5.82 Å². The summed E-state index contributed by atoms with van der Waals surface area (Å²) >= 11 is 1.66. The van der Waals surface area contributed by atoms with Gasteiger partial charge in [-0.05, 0) is 40.9 Å². The predicted octanol–water partition coefficient (Wildman–Crippen LogP) is 3.39. The number of nitrogens with one attached hydrogen (secondary N) is 1. The van der Waals surface area contributed by atoms with Crippen LogP contribution in [0.4, 0.5) is 15.8 Å². The predicted molar refractivity (Wildman–Crippen MR) is 67.2 cm³/mol. The number of aryl methyl sites for hydroxylation is 1. The molecule has 1 heterocycles. The Morgan fingerprint density at radius 2 is 2.19 bits per heavy atom. The van der Waals surface area contributed by atoms with Crippen molar-refractivity contribution >= 4 is 22.7 Å². The van der Waals surface area contributed by atoms with Crippen LogP contribution < -0.4 is 11.1 Å². The zero-order valence-corrected chi connectivity index (χ0v) is 9.77. The number of thiophene rings is 1. The summed E-state index contributed by atoms with van der Waals surface area (Å²) in [6, 6.07) is 4.78. The van der Waals surface area contributed by atoms with Gasteiger partial charge in [-0.15, -0.1) is 0 Å². The number of nitrogen functional groups attached to an aromatic ring is 1. The summed E-state index contributed by atoms with van der Waals surface area (Å²) in [5, 5.41) is 7.31. The second-order valence-electron chi connectivity index (χ2n) is 3.63. The van der Waals surface area contributed by atoms with Gasteiger partial charge in [0, 0.05) is 6.54 Å². The zero-order chi connectivity index (χ0) is 11.5. The van der Waals surface area contributed by atoms with Crippen LogP contribution in [-0.4, -0.2) is 0 Å². The molecule has 0 fully saturated rings. The van der Waals surface area contributed by atoms with Gasteiger partial charge in [0.25, 0.3) is 0 Å². The molecule has 3 N–H and O–H groups in total. The monoisotopic (exact) mass is 236 g/mol. The maximum Gasteiger partial charge on any atom is 0.148 e. The molecule has 0 atom stereocenters. The van der Waals surface area contributed by atoms with E-state index in [1.807, 2.05) is 0 Å². The van der Waals surface area contributed by atoms with Crippen molar-refractivity contribution in [3.8, 4) is 0 Å². The summed E-state index contributed by atoms with van der Waals surface area (Å²) in [6.07, 6.45) is 0. The van der Waals surface area contributed by atoms with E-state index >= 15 is 0 Å². The first kappa shape index (κ1) is 11.0. The van der Waals surface area contributed by atoms with Crippen LogP contribution in [-0.2, 0) is 6.54 Å². The average molecular weight is 236 g/mol. The number of halogens is 1. The van der Waals surface area contributed by atoms with Gasteiger partial charge in [-0.25, -0.2) is 4.39 Å². The molecule has 1 aromatic carbocycles. The normalized spacial score (nSPS) is 10.4. The van der Waals surface area contributed by atoms with E-state index in [0.717, 1.165) is 0 Å². The fourth-order valence-corrected chi connectivity index (χ4v) is 2.31. The summed E-state index contributed by atoms with van der Waals surface area (Å²) < 4.78 is 13.2. The molecule has 0 radical (unpaired) electrons. The molecule has 0 spiro atoms. The lowest BCUT2D eigenvalue weighted by atomic mass is 10.2. The minimum absolute atomic E-state index is 0.176. The largest absolute Gasteiger partial charge is 0.395 e. The molecule has 0 saturated heterocycles. The van der Waals surface area contributed by atoms with E-state index in [2.05, 4.69) is 23.0 Å². The molecule has 2 rings (SSSR count). The second-order valence-corrected chi connectivity index (χ2v) is 4.38. The number of para-hydroxylation sites is 1. The Morgan fingerprint density at radius 1 is 1.38 bits per heavy atom. The van der Waals surface area contributed by atoms with E-state index in [4.69, 9.17) is 5.73 Å². The van der Waals surface area contributed by atoms with E-state index < -0.39 is 0 Å². The molecule has 0 amide bonds. The van der Waals surface area contributed by atoms with Crippen molar-refractivity contribution in [2.45, 2.75) is 13.5 Å². The van der Waals surface area contributed by atoms with Gasteiger partial charge in [-0.2, -0.15) is 11.3 Å². The Kier molecular flexibility index (Phi) is 3.10. The lowest BCUT2D eigenvalue weighted by molar-refractivity contribution is 0.633. The standard InChI is InChI=1S/C12H13FN2S/c1-8-6-16-7-9(8)5-15-11-4-2-3-10(13)12(11)14/h2-4,6-7,15H,5,14H2,1H3. The fourth-order valence-electron chi connectivity index (χ4n) is 1.45. The van der Waals surface area contributed by atoms with Crippen LogP contribution in [0.15, 0.2) is 29.0 Å². The Bertz CT molecular complexity index is 494. The molecule has 0 aliphatic carbocycles. The molecule has 2 nitrogen and oxygen atoms in total. The maximum absolute atomic E-state index is 13.2. The van der Waals surface area contributed by atoms with Crippen LogP contribution in [0, 0.1) is 12.7 Å². The lowest BCUT2D eigenvalue weighted by Crippen LogP contribution is -2.03. The van der Waals surface area contributed by atoms with Crippen molar-refractivity contribution < 1.29 is 4.39 Å². The molecule has 4 heteroatoms. The van der Waals surface area contributed by atoms with Crippen LogP contribution in [0.3, 0.4) is 0 Å². The van der Waals surface area contributed by atoms with E-state index in [1.165, 1.54) is 17.2 Å². The molecule has 0 unspecified atom stereocenters. The molecule has 0 saturated carbocycles. The summed E-state index contributed by atoms with van der Waals surface area (Å²) in [7, 11) is 0. The van der Waals surface area contributed by atoms with Crippen molar-refractivity contribution in [2.24, 2.45) is 0 Å². The van der Waals surface area contributed by atoms with Gasteiger partial charge >= 0.3 is 0 Å². The van der Waals surface area contributed by atoms with E-state index in [9.17, 15) is 4.39 Å². The van der Waals surface area contributed by atoms with E-state index in [0.29, 0.717) is 12.2 Å². The van der Waals surface area contributed by atoms with Gasteiger partial charge in [0.15, 0.2) is 0 Å². The number of anilines is 2. The highest BCUT2D eigenvalue weighted by molar-refractivity contribution is 7.08. The minimum atomic E-state index is -0.382. The van der Waals surface area contributed by atoms with Crippen LogP contribution >= 0.6 is 11.3 Å². The summed E-state index contributed by atoms with van der Waals surface area (Å²) in [6.45, 7) is 2.73. The minimum Gasteiger partial charge on any atom is -0.395 e. The van der Waals surface area contributed by atoms with Crippen LogP contribution in [0.25, 0.3) is 0 Å². The van der Waals surface area contributed by atoms with Gasteiger partial charge < -0.3 is 11.1 Å². The van der Waals surface area contributed by atoms with Gasteiger partial charge in [0.05, 0.1) is 11.4 Å². The first-order valence-electron chi connectivity index (χ1n) is 4.98. The maximum atomic E-state index is 13.2. The topological polar surface area (TPSA) is 38.0 Å². The molecule has 2 aromatic rings. The third-order valence-corrected chi connectivity index (χ3v) is 3.39. The molecule has 1 aromatic heterocycles. The molecular formula is C12H13FN2S. The second kappa shape index (κ2) is 4.53. The third kappa shape index (κ3) is 2.17. The first-order valence-corrected chi connectivity index (χ1v) is 5.92. The van der Waals surface area contributed by atoms with Gasteiger partial charge in [0.2, 0.25) is 0 Å². The van der Waals surface area contributed by atoms with Crippen LogP contribution in [0.2, 0.25) is 0 Å². The highest BCUT2D eigenvalue weighted by atomic mass is 32.1. The smallest absolute Gasteiger partial charge is 0.148 e. The number of nitrogens with two attached hydrogens (primary N) is 1. The Hall–Kier alpha value is -1.55. The molecule has 0 bridgehead atoms. The molecule has 0 aliphatic rings. The fraction of sp³-hybridized carbons (Fsp3) is 0.167. The summed E-state index contributed by atoms with van der Waals surface area (Å²) in [4.78, 5) is 0. The zero-order valence-electron chi connectivity index (χ0n) is 8.96. The number of benzene rings is 1. The van der Waals surface area contributed by atoms with Crippen molar-refractivity contribution in [1.82, 2.24) is 0 Å². The SMILES string of the molecule is Cc1cscc1CNc1cccc(F)c1N. The lowest BCUT2D eigenvalue weighted by Gasteiger charge is -2.09. The van der Waals surface area contributed by atoms with Gasteiger partial charge in [-0.3, -0.25) is 0 Å². The molecular weight excluding hydrogens is 223 g/mol. The number of rotatable bonds is 3. The molecule has 0 aliphatic heterocycles. The van der Waals surface area contributed by atoms with Crippen molar-refractivity contribution in [3.63, 3.8) is 0 Å². The average Bonchev–Trinajstić information content (AvgIpc) is 2.67. The van der Waals surface area contributed by atoms with Crippen molar-refractivity contribution in [3.05, 3.63) is 45.9 Å². The van der Waals surface area contributed by atoms with Crippen LogP contribution in [0.1, 0.15) is 11.1 Å². The Morgan fingerprint density at radius 3 is 2.88 bits per heavy atom. The van der Waals surface area contributed by atoms with E-state index in [1.54, 1.807) is 23.5 Å². The highest BCUT2D eigenvalue weighted by Gasteiger charge is 2.04. The summed E-state index contributed by atoms with van der Waals surface area (Å²) in [5.41, 5.74) is 8.90. The molecule has 16 heavy (non-hydrogen) atoms. The Balaban J connectivity index is 2.11. The van der Waals surface area contributed by atoms with E-state index in [-0.39, 0.29) is 11.5 Å². The first-order chi connectivity index (χ1) is 7.68.